The molecule has 0 saturated carbocycles. The number of ether oxygens (including phenoxy) is 1. The lowest BCUT2D eigenvalue weighted by Crippen LogP contribution is -2.06. The SMILES string of the molecule is CC(=O)O[C@H](C)c1cccc(C)c1C. The number of carbonyl (C=O) groups excluding carboxylic acids is 1. The summed E-state index contributed by atoms with van der Waals surface area (Å²) in [7, 11) is 0. The highest BCUT2D eigenvalue weighted by atomic mass is 16.5. The van der Waals surface area contributed by atoms with Crippen molar-refractivity contribution < 1.29 is 9.53 Å². The number of carbonyl (C=O) groups is 1. The normalized spacial score (nSPS) is 12.3. The van der Waals surface area contributed by atoms with E-state index in [1.165, 1.54) is 18.1 Å². The first-order valence-electron chi connectivity index (χ1n) is 4.75. The molecule has 0 spiro atoms. The van der Waals surface area contributed by atoms with Crippen molar-refractivity contribution in [2.75, 3.05) is 0 Å². The zero-order valence-electron chi connectivity index (χ0n) is 9.13. The summed E-state index contributed by atoms with van der Waals surface area (Å²) in [5.74, 6) is -0.238. The van der Waals surface area contributed by atoms with Crippen LogP contribution in [0.2, 0.25) is 0 Å². The Morgan fingerprint density at radius 1 is 1.36 bits per heavy atom. The molecule has 1 rings (SSSR count). The van der Waals surface area contributed by atoms with Crippen LogP contribution in [0.1, 0.15) is 36.6 Å². The highest BCUT2D eigenvalue weighted by Gasteiger charge is 2.11. The Morgan fingerprint density at radius 3 is 2.57 bits per heavy atom. The third-order valence-electron chi connectivity index (χ3n) is 2.43. The molecule has 2 heteroatoms. The molecule has 0 heterocycles. The molecule has 1 atom stereocenters. The molecule has 2 nitrogen and oxygen atoms in total. The number of aryl methyl sites for hydroxylation is 1. The van der Waals surface area contributed by atoms with Gasteiger partial charge in [-0.15, -0.1) is 0 Å². The Balaban J connectivity index is 2.95. The van der Waals surface area contributed by atoms with Gasteiger partial charge < -0.3 is 4.74 Å². The minimum atomic E-state index is -0.238. The molecule has 0 N–H and O–H groups in total. The Labute approximate surface area is 84.9 Å². The highest BCUT2D eigenvalue weighted by molar-refractivity contribution is 5.66. The van der Waals surface area contributed by atoms with E-state index in [-0.39, 0.29) is 12.1 Å². The van der Waals surface area contributed by atoms with Gasteiger partial charge in [0.2, 0.25) is 0 Å². The van der Waals surface area contributed by atoms with Crippen molar-refractivity contribution in [1.82, 2.24) is 0 Å². The lowest BCUT2D eigenvalue weighted by molar-refractivity contribution is -0.145. The molecule has 0 bridgehead atoms. The van der Waals surface area contributed by atoms with Crippen molar-refractivity contribution in [1.29, 1.82) is 0 Å². The molecular weight excluding hydrogens is 176 g/mol. The van der Waals surface area contributed by atoms with E-state index in [2.05, 4.69) is 13.0 Å². The van der Waals surface area contributed by atoms with Gasteiger partial charge >= 0.3 is 5.97 Å². The fraction of sp³-hybridized carbons (Fsp3) is 0.417. The molecule has 0 aliphatic heterocycles. The Kier molecular flexibility index (Phi) is 3.28. The van der Waals surface area contributed by atoms with Crippen molar-refractivity contribution >= 4 is 5.97 Å². The number of hydrogen-bond donors (Lipinski definition) is 0. The first-order valence-corrected chi connectivity index (χ1v) is 4.75. The maximum Gasteiger partial charge on any atom is 0.303 e. The predicted molar refractivity (Wildman–Crippen MR) is 56.1 cm³/mol. The van der Waals surface area contributed by atoms with Gasteiger partial charge in [0, 0.05) is 6.92 Å². The van der Waals surface area contributed by atoms with Gasteiger partial charge in [0.1, 0.15) is 6.10 Å². The second-order valence-electron chi connectivity index (χ2n) is 3.54. The minimum Gasteiger partial charge on any atom is -0.458 e. The monoisotopic (exact) mass is 192 g/mol. The molecule has 76 valence electrons. The minimum absolute atomic E-state index is 0.160. The standard InChI is InChI=1S/C12H16O2/c1-8-6-5-7-12(9(8)2)10(3)14-11(4)13/h5-7,10H,1-4H3/t10-/m1/s1. The van der Waals surface area contributed by atoms with Crippen LogP contribution in [0.15, 0.2) is 18.2 Å². The first-order chi connectivity index (χ1) is 6.52. The first kappa shape index (κ1) is 10.8. The lowest BCUT2D eigenvalue weighted by Gasteiger charge is -2.15. The van der Waals surface area contributed by atoms with Crippen LogP contribution < -0.4 is 0 Å². The Hall–Kier alpha value is -1.31. The van der Waals surface area contributed by atoms with E-state index in [0.29, 0.717) is 0 Å². The molecule has 0 aliphatic rings. The zero-order valence-corrected chi connectivity index (χ0v) is 9.13. The summed E-state index contributed by atoms with van der Waals surface area (Å²) in [6.45, 7) is 7.43. The van der Waals surface area contributed by atoms with E-state index in [1.807, 2.05) is 26.0 Å². The molecule has 0 fully saturated rings. The lowest BCUT2D eigenvalue weighted by atomic mass is 10.00. The molecule has 14 heavy (non-hydrogen) atoms. The number of esters is 1. The fourth-order valence-electron chi connectivity index (χ4n) is 1.53. The van der Waals surface area contributed by atoms with Crippen LogP contribution in [0.3, 0.4) is 0 Å². The number of hydrogen-bond acceptors (Lipinski definition) is 2. The van der Waals surface area contributed by atoms with Crippen LogP contribution in [-0.2, 0) is 9.53 Å². The largest absolute Gasteiger partial charge is 0.458 e. The quantitative estimate of drug-likeness (QED) is 0.673. The average molecular weight is 192 g/mol. The van der Waals surface area contributed by atoms with Crippen molar-refractivity contribution in [3.05, 3.63) is 34.9 Å². The number of benzene rings is 1. The summed E-state index contributed by atoms with van der Waals surface area (Å²) in [5.41, 5.74) is 3.50. The van der Waals surface area contributed by atoms with E-state index in [1.54, 1.807) is 0 Å². The van der Waals surface area contributed by atoms with E-state index < -0.39 is 0 Å². The van der Waals surface area contributed by atoms with Crippen molar-refractivity contribution in [2.24, 2.45) is 0 Å². The maximum absolute atomic E-state index is 10.8. The average Bonchev–Trinajstić information content (AvgIpc) is 2.08. The van der Waals surface area contributed by atoms with Gasteiger partial charge in [-0.25, -0.2) is 0 Å². The second-order valence-corrected chi connectivity index (χ2v) is 3.54. The summed E-state index contributed by atoms with van der Waals surface area (Å²) in [6, 6.07) is 6.03. The predicted octanol–water partition coefficient (Wildman–Crippen LogP) is 2.93. The van der Waals surface area contributed by atoms with Crippen molar-refractivity contribution in [2.45, 2.75) is 33.8 Å². The van der Waals surface area contributed by atoms with Crippen LogP contribution in [0.25, 0.3) is 0 Å². The van der Waals surface area contributed by atoms with E-state index in [9.17, 15) is 4.79 Å². The van der Waals surface area contributed by atoms with Crippen LogP contribution in [0, 0.1) is 13.8 Å². The topological polar surface area (TPSA) is 26.3 Å². The molecule has 0 aromatic heterocycles. The van der Waals surface area contributed by atoms with Crippen LogP contribution >= 0.6 is 0 Å². The van der Waals surface area contributed by atoms with Crippen molar-refractivity contribution in [3.8, 4) is 0 Å². The molecule has 0 radical (unpaired) electrons. The van der Waals surface area contributed by atoms with Gasteiger partial charge in [0.15, 0.2) is 0 Å². The Bertz CT molecular complexity index is 342. The summed E-state index contributed by atoms with van der Waals surface area (Å²) < 4.78 is 5.13. The summed E-state index contributed by atoms with van der Waals surface area (Å²) in [5, 5.41) is 0. The molecule has 0 saturated heterocycles. The molecule has 1 aromatic carbocycles. The van der Waals surface area contributed by atoms with Gasteiger partial charge in [-0.05, 0) is 37.5 Å². The van der Waals surface area contributed by atoms with E-state index >= 15 is 0 Å². The maximum atomic E-state index is 10.8. The van der Waals surface area contributed by atoms with Gasteiger partial charge in [-0.2, -0.15) is 0 Å². The molecule has 0 unspecified atom stereocenters. The van der Waals surface area contributed by atoms with Gasteiger partial charge in [-0.3, -0.25) is 4.79 Å². The molecule has 0 aliphatic carbocycles. The second kappa shape index (κ2) is 4.27. The van der Waals surface area contributed by atoms with Crippen LogP contribution in [0.4, 0.5) is 0 Å². The molecule has 1 aromatic rings. The summed E-state index contributed by atoms with van der Waals surface area (Å²) >= 11 is 0. The third kappa shape index (κ3) is 2.34. The van der Waals surface area contributed by atoms with Gasteiger partial charge in [0.05, 0.1) is 0 Å². The third-order valence-corrected chi connectivity index (χ3v) is 2.43. The summed E-state index contributed by atoms with van der Waals surface area (Å²) in [4.78, 5) is 10.8. The smallest absolute Gasteiger partial charge is 0.303 e. The fourth-order valence-corrected chi connectivity index (χ4v) is 1.53. The van der Waals surface area contributed by atoms with Crippen LogP contribution in [0.5, 0.6) is 0 Å². The summed E-state index contributed by atoms with van der Waals surface area (Å²) in [6.07, 6.45) is -0.160. The molecular formula is C12H16O2. The Morgan fingerprint density at radius 2 is 2.00 bits per heavy atom. The van der Waals surface area contributed by atoms with Crippen molar-refractivity contribution in [3.63, 3.8) is 0 Å². The number of rotatable bonds is 2. The molecule has 0 amide bonds. The van der Waals surface area contributed by atoms with Gasteiger partial charge in [0.25, 0.3) is 0 Å². The van der Waals surface area contributed by atoms with Crippen LogP contribution in [-0.4, -0.2) is 5.97 Å². The van der Waals surface area contributed by atoms with Gasteiger partial charge in [-0.1, -0.05) is 18.2 Å². The van der Waals surface area contributed by atoms with E-state index in [0.717, 1.165) is 5.56 Å². The van der Waals surface area contributed by atoms with E-state index in [4.69, 9.17) is 4.74 Å². The zero-order chi connectivity index (χ0) is 10.7. The highest BCUT2D eigenvalue weighted by Crippen LogP contribution is 2.22.